The molecule has 1 unspecified atom stereocenters. The molecule has 144 valence electrons. The molecular formula is C16H21N7O3S. The van der Waals surface area contributed by atoms with Gasteiger partial charge in [0, 0.05) is 31.8 Å². The van der Waals surface area contributed by atoms with Crippen LogP contribution in [-0.4, -0.2) is 58.5 Å². The number of fused-ring (bicyclic) bond motifs is 1. The Balaban J connectivity index is 1.55. The maximum atomic E-state index is 13.1. The highest BCUT2D eigenvalue weighted by atomic mass is 32.2. The molecule has 1 fully saturated rings. The number of carbonyl (C=O) groups excluding carboxylic acids is 2. The van der Waals surface area contributed by atoms with E-state index in [2.05, 4.69) is 19.8 Å². The van der Waals surface area contributed by atoms with Gasteiger partial charge in [-0.15, -0.1) is 5.10 Å². The van der Waals surface area contributed by atoms with Crippen molar-refractivity contribution in [2.45, 2.75) is 50.2 Å². The molecule has 2 aromatic rings. The molecular weight excluding hydrogens is 370 g/mol. The molecule has 0 aromatic carbocycles. The van der Waals surface area contributed by atoms with Gasteiger partial charge in [-0.3, -0.25) is 14.3 Å². The van der Waals surface area contributed by atoms with Crippen molar-refractivity contribution in [3.63, 3.8) is 0 Å². The van der Waals surface area contributed by atoms with Gasteiger partial charge in [0.25, 0.3) is 5.91 Å². The van der Waals surface area contributed by atoms with Crippen LogP contribution in [0.3, 0.4) is 0 Å². The van der Waals surface area contributed by atoms with Gasteiger partial charge in [0.2, 0.25) is 5.91 Å². The van der Waals surface area contributed by atoms with Gasteiger partial charge in [-0.25, -0.2) is 8.89 Å². The Morgan fingerprint density at radius 2 is 2.11 bits per heavy atom. The van der Waals surface area contributed by atoms with Crippen molar-refractivity contribution in [3.8, 4) is 0 Å². The molecule has 0 bridgehead atoms. The lowest BCUT2D eigenvalue weighted by Gasteiger charge is -2.27. The summed E-state index contributed by atoms with van der Waals surface area (Å²) in [6.45, 7) is 2.79. The highest BCUT2D eigenvalue weighted by Crippen LogP contribution is 2.38. The first-order valence-electron chi connectivity index (χ1n) is 8.79. The second-order valence-corrected chi connectivity index (χ2v) is 9.25. The largest absolute Gasteiger partial charge is 0.335 e. The van der Waals surface area contributed by atoms with Crippen LogP contribution in [0.25, 0.3) is 0 Å². The van der Waals surface area contributed by atoms with Crippen LogP contribution in [0.15, 0.2) is 21.7 Å². The second-order valence-electron chi connectivity index (χ2n) is 7.02. The Hall–Kier alpha value is -2.56. The number of hydrogen-bond acceptors (Lipinski definition) is 6. The maximum absolute atomic E-state index is 13.1. The van der Waals surface area contributed by atoms with Gasteiger partial charge in [-0.05, 0) is 12.8 Å². The van der Waals surface area contributed by atoms with Crippen LogP contribution in [0, 0.1) is 0 Å². The average Bonchev–Trinajstić information content (AvgIpc) is 3.19. The van der Waals surface area contributed by atoms with Gasteiger partial charge in [0.1, 0.15) is 6.54 Å². The smallest absolute Gasteiger partial charge is 0.275 e. The summed E-state index contributed by atoms with van der Waals surface area (Å²) in [5, 5.41) is 12.2. The first-order valence-corrected chi connectivity index (χ1v) is 10.7. The van der Waals surface area contributed by atoms with Crippen molar-refractivity contribution in [2.24, 2.45) is 4.36 Å². The number of hydrogen-bond donors (Lipinski definition) is 0. The Morgan fingerprint density at radius 1 is 1.33 bits per heavy atom. The van der Waals surface area contributed by atoms with Crippen LogP contribution < -0.4 is 0 Å². The predicted octanol–water partition coefficient (Wildman–Crippen LogP) is 0.398. The molecule has 1 atom stereocenters. The van der Waals surface area contributed by atoms with E-state index >= 15 is 0 Å². The van der Waals surface area contributed by atoms with E-state index in [-0.39, 0.29) is 12.5 Å². The van der Waals surface area contributed by atoms with Crippen LogP contribution in [-0.2, 0) is 39.0 Å². The predicted molar refractivity (Wildman–Crippen MR) is 95.1 cm³/mol. The molecule has 0 saturated heterocycles. The van der Waals surface area contributed by atoms with Crippen LogP contribution >= 0.6 is 0 Å². The molecule has 1 saturated carbocycles. The minimum absolute atomic E-state index is 0.0540. The van der Waals surface area contributed by atoms with Crippen molar-refractivity contribution in [1.29, 1.82) is 0 Å². The van der Waals surface area contributed by atoms with Gasteiger partial charge >= 0.3 is 0 Å². The Labute approximate surface area is 156 Å². The molecule has 11 heteroatoms. The van der Waals surface area contributed by atoms with Crippen molar-refractivity contribution in [1.82, 2.24) is 29.7 Å². The van der Waals surface area contributed by atoms with Crippen LogP contribution in [0.1, 0.15) is 37.1 Å². The van der Waals surface area contributed by atoms with E-state index in [4.69, 9.17) is 0 Å². The van der Waals surface area contributed by atoms with E-state index in [1.54, 1.807) is 15.8 Å². The van der Waals surface area contributed by atoms with Crippen LogP contribution in [0.4, 0.5) is 0 Å². The quantitative estimate of drug-likeness (QED) is 0.745. The zero-order chi connectivity index (χ0) is 19.2. The lowest BCUT2D eigenvalue weighted by molar-refractivity contribution is -0.130. The highest BCUT2D eigenvalue weighted by Gasteiger charge is 2.27. The van der Waals surface area contributed by atoms with Crippen LogP contribution in [0.5, 0.6) is 0 Å². The third-order valence-corrected chi connectivity index (χ3v) is 6.52. The minimum Gasteiger partial charge on any atom is -0.335 e. The fraction of sp³-hybridized carbons (Fsp3) is 0.562. The molecule has 27 heavy (non-hydrogen) atoms. The summed E-state index contributed by atoms with van der Waals surface area (Å²) in [7, 11) is -2.98. The van der Waals surface area contributed by atoms with E-state index in [1.165, 1.54) is 24.1 Å². The summed E-state index contributed by atoms with van der Waals surface area (Å²) in [5.74, 6) is -0.139. The van der Waals surface area contributed by atoms with Gasteiger partial charge in [0.15, 0.2) is 0 Å². The topological polar surface area (TPSA) is 115 Å². The summed E-state index contributed by atoms with van der Waals surface area (Å²) < 4.78 is 20.2. The number of amides is 2. The van der Waals surface area contributed by atoms with Crippen molar-refractivity contribution < 1.29 is 13.8 Å². The molecule has 2 aliphatic rings. The molecule has 4 rings (SSSR count). The third kappa shape index (κ3) is 3.64. The zero-order valence-electron chi connectivity index (χ0n) is 15.2. The second kappa shape index (κ2) is 6.55. The maximum Gasteiger partial charge on any atom is 0.275 e. The summed E-state index contributed by atoms with van der Waals surface area (Å²) in [6.07, 6.45) is 6.86. The normalized spacial score (nSPS) is 18.7. The van der Waals surface area contributed by atoms with E-state index in [9.17, 15) is 13.8 Å². The van der Waals surface area contributed by atoms with Gasteiger partial charge in [-0.2, -0.15) is 9.46 Å². The van der Waals surface area contributed by atoms with Gasteiger partial charge < -0.3 is 4.90 Å². The van der Waals surface area contributed by atoms with Crippen molar-refractivity contribution in [2.75, 3.05) is 12.8 Å². The molecule has 3 heterocycles. The molecule has 1 aliphatic heterocycles. The summed E-state index contributed by atoms with van der Waals surface area (Å²) in [5.41, 5.74) is 1.55. The Bertz CT molecular complexity index is 1030. The van der Waals surface area contributed by atoms with Gasteiger partial charge in [-0.1, -0.05) is 5.21 Å². The Kier molecular flexibility index (Phi) is 4.33. The number of carbonyl (C=O) groups is 2. The van der Waals surface area contributed by atoms with E-state index in [0.29, 0.717) is 36.1 Å². The SMILES string of the molecule is CC(=O)N1CCn2ncc(S(C)(=O)=NC(=O)Cn3cc(C4CC4)nn3)c2C1. The van der Waals surface area contributed by atoms with E-state index in [1.807, 2.05) is 0 Å². The molecule has 0 N–H and O–H groups in total. The Morgan fingerprint density at radius 3 is 2.81 bits per heavy atom. The number of aromatic nitrogens is 5. The first kappa shape index (κ1) is 17.8. The van der Waals surface area contributed by atoms with Crippen molar-refractivity contribution in [3.05, 3.63) is 23.8 Å². The molecule has 1 aliphatic carbocycles. The molecule has 10 nitrogen and oxygen atoms in total. The molecule has 2 aromatic heterocycles. The zero-order valence-corrected chi connectivity index (χ0v) is 16.1. The standard InChI is InChI=1S/C16H21N7O3S/c1-11(24)21-5-6-23-14(9-21)15(7-17-23)27(2,26)19-16(25)10-22-8-13(18-20-22)12-3-4-12/h7-8,12H,3-6,9-10H2,1-2H3. The summed E-state index contributed by atoms with van der Waals surface area (Å²) in [4.78, 5) is 26.1. The van der Waals surface area contributed by atoms with Crippen LogP contribution in [0.2, 0.25) is 0 Å². The fourth-order valence-corrected chi connectivity index (χ4v) is 4.57. The first-order chi connectivity index (χ1) is 12.8. The number of nitrogens with zero attached hydrogens (tertiary/aromatic N) is 7. The molecule has 0 radical (unpaired) electrons. The summed E-state index contributed by atoms with van der Waals surface area (Å²) in [6, 6.07) is 0. The number of rotatable bonds is 4. The van der Waals surface area contributed by atoms with E-state index in [0.717, 1.165) is 18.5 Å². The third-order valence-electron chi connectivity index (χ3n) is 4.81. The average molecular weight is 391 g/mol. The lowest BCUT2D eigenvalue weighted by atomic mass is 10.3. The fourth-order valence-electron chi connectivity index (χ4n) is 3.17. The summed E-state index contributed by atoms with van der Waals surface area (Å²) >= 11 is 0. The van der Waals surface area contributed by atoms with E-state index < -0.39 is 15.6 Å². The molecule has 2 amide bonds. The minimum atomic E-state index is -2.98. The van der Waals surface area contributed by atoms with Gasteiger partial charge in [0.05, 0.1) is 45.3 Å². The lowest BCUT2D eigenvalue weighted by Crippen LogP contribution is -2.37. The highest BCUT2D eigenvalue weighted by molar-refractivity contribution is 7.93. The van der Waals surface area contributed by atoms with Crippen molar-refractivity contribution >= 4 is 21.5 Å². The monoisotopic (exact) mass is 391 g/mol. The molecule has 0 spiro atoms.